The molecule has 0 fully saturated rings. The second-order valence-corrected chi connectivity index (χ2v) is 0. The van der Waals surface area contributed by atoms with Crippen LogP contribution in [-0.4, -0.2) is 0 Å². The van der Waals surface area contributed by atoms with E-state index in [1.165, 1.54) is 0 Å². The van der Waals surface area contributed by atoms with Crippen LogP contribution in [0.3, 0.4) is 0 Å². The molecule has 0 aliphatic carbocycles. The minimum atomic E-state index is 0. The van der Waals surface area contributed by atoms with E-state index in [-0.39, 0.29) is 100 Å². The van der Waals surface area contributed by atoms with Gasteiger partial charge < -0.3 is 6.15 Å². The van der Waals surface area contributed by atoms with Gasteiger partial charge in [-0.25, -0.2) is 0 Å². The molecule has 0 atom stereocenters. The van der Waals surface area contributed by atoms with Crippen molar-refractivity contribution in [1.82, 2.24) is 6.15 Å². The van der Waals surface area contributed by atoms with Gasteiger partial charge in [-0.3, -0.25) is 0 Å². The average Bonchev–Trinajstić information content (AvgIpc) is 0. The molecule has 8 heteroatoms. The predicted molar refractivity (Wildman–Crippen MR) is 48.5 cm³/mol. The van der Waals surface area contributed by atoms with Gasteiger partial charge in [0.25, 0.3) is 0 Å². The number of halogens is 6. The van der Waals surface area contributed by atoms with Crippen molar-refractivity contribution >= 4 is 74.4 Å². The maximum Gasteiger partial charge on any atom is 0 e. The molecule has 0 heterocycles. The van der Waals surface area contributed by atoms with Gasteiger partial charge in [0.2, 0.25) is 0 Å². The third kappa shape index (κ3) is 82.2. The second kappa shape index (κ2) is 119. The van der Waals surface area contributed by atoms with Gasteiger partial charge in [0.1, 0.15) is 0 Å². The summed E-state index contributed by atoms with van der Waals surface area (Å²) >= 11 is 0. The molecule has 0 aromatic rings. The molecule has 0 amide bonds. The van der Waals surface area contributed by atoms with Crippen molar-refractivity contribution in [2.75, 3.05) is 0 Å². The van der Waals surface area contributed by atoms with Crippen LogP contribution in [0, 0.1) is 0 Å². The Kier molecular flexibility index (Phi) is 2450. The van der Waals surface area contributed by atoms with E-state index in [0.717, 1.165) is 0 Å². The quantitative estimate of drug-likeness (QED) is 0.636. The summed E-state index contributed by atoms with van der Waals surface area (Å²) in [5.41, 5.74) is 0. The van der Waals surface area contributed by atoms with Crippen LogP contribution in [0.25, 0.3) is 0 Å². The van der Waals surface area contributed by atoms with Gasteiger partial charge >= 0.3 is 0 Å². The Balaban J connectivity index is 0. The third-order valence-corrected chi connectivity index (χ3v) is 0. The Labute approximate surface area is 99.6 Å². The van der Waals surface area contributed by atoms with Crippen LogP contribution in [0.1, 0.15) is 0 Å². The summed E-state index contributed by atoms with van der Waals surface area (Å²) in [5, 5.41) is 0. The summed E-state index contributed by atoms with van der Waals surface area (Å²) in [6.07, 6.45) is 0. The molecule has 64 valence electrons. The monoisotopic (exact) mass is 425 g/mol. The van der Waals surface area contributed by atoms with Crippen LogP contribution in [0.15, 0.2) is 0 Å². The van der Waals surface area contributed by atoms with Crippen molar-refractivity contribution in [3.63, 3.8) is 0 Å². The molecule has 0 aromatic carbocycles. The van der Waals surface area contributed by atoms with Crippen molar-refractivity contribution in [1.29, 1.82) is 0 Å². The molecule has 0 saturated carbocycles. The van der Waals surface area contributed by atoms with E-state index in [4.69, 9.17) is 0 Å². The van der Waals surface area contributed by atoms with Crippen molar-refractivity contribution in [3.8, 4) is 0 Å². The molecule has 0 radical (unpaired) electrons. The second-order valence-electron chi connectivity index (χ2n) is 0. The third-order valence-electron chi connectivity index (χ3n) is 0. The molecule has 0 rings (SSSR count). The molecule has 0 aliphatic heterocycles. The fourth-order valence-corrected chi connectivity index (χ4v) is 0. The van der Waals surface area contributed by atoms with Crippen LogP contribution < -0.4 is 6.15 Å². The smallest absolute Gasteiger partial charge is 0 e. The first-order valence-electron chi connectivity index (χ1n) is 0. The Hall–Kier alpha value is 2.34. The molecule has 0 spiro atoms. The van der Waals surface area contributed by atoms with E-state index >= 15 is 0 Å². The molecule has 0 aliphatic rings. The van der Waals surface area contributed by atoms with E-state index in [1.807, 2.05) is 0 Å². The van der Waals surface area contributed by atoms with E-state index in [0.29, 0.717) is 0 Å². The minimum Gasteiger partial charge on any atom is -0.344 e. The van der Waals surface area contributed by atoms with Crippen LogP contribution >= 0.6 is 74.4 Å². The number of hydrogen-bond acceptors (Lipinski definition) is 1. The number of hydrogen-bond donors (Lipinski definition) is 1. The summed E-state index contributed by atoms with van der Waals surface area (Å²) in [5.74, 6) is 0. The summed E-state index contributed by atoms with van der Waals surface area (Å²) in [4.78, 5) is 0. The van der Waals surface area contributed by atoms with Gasteiger partial charge in [-0.1, -0.05) is 0 Å². The number of rotatable bonds is 0. The minimum absolute atomic E-state index is 0. The fourth-order valence-electron chi connectivity index (χ4n) is 0. The first kappa shape index (κ1) is 165. The molecular formula is H9Cl6NOs. The van der Waals surface area contributed by atoms with Crippen LogP contribution in [-0.2, 0) is 19.8 Å². The summed E-state index contributed by atoms with van der Waals surface area (Å²) in [6, 6.07) is 0. The standard InChI is InChI=1S/6ClH.H3N.Os/h6*1H;1H3;. The normalized spacial score (nSPS) is 0. The summed E-state index contributed by atoms with van der Waals surface area (Å²) in [6.45, 7) is 0. The van der Waals surface area contributed by atoms with Crippen LogP contribution in [0.5, 0.6) is 0 Å². The van der Waals surface area contributed by atoms with E-state index in [9.17, 15) is 0 Å². The maximum atomic E-state index is 0. The zero-order valence-electron chi connectivity index (χ0n) is 3.51. The Bertz CT molecular complexity index is 8.49. The van der Waals surface area contributed by atoms with Gasteiger partial charge in [-0.2, -0.15) is 0 Å². The summed E-state index contributed by atoms with van der Waals surface area (Å²) < 4.78 is 0. The van der Waals surface area contributed by atoms with E-state index in [1.54, 1.807) is 0 Å². The van der Waals surface area contributed by atoms with Gasteiger partial charge in [-0.05, 0) is 0 Å². The molecule has 0 aromatic heterocycles. The topological polar surface area (TPSA) is 35.0 Å². The van der Waals surface area contributed by atoms with Crippen molar-refractivity contribution in [2.45, 2.75) is 0 Å². The van der Waals surface area contributed by atoms with Gasteiger partial charge in [-0.15, -0.1) is 74.4 Å². The first-order chi connectivity index (χ1) is 0. The molecular weight excluding hydrogens is 417 g/mol. The molecule has 0 saturated heterocycles. The van der Waals surface area contributed by atoms with Crippen molar-refractivity contribution < 1.29 is 19.8 Å². The zero-order chi connectivity index (χ0) is 0. The SMILES string of the molecule is Cl.Cl.Cl.Cl.Cl.Cl.N.[Os]. The van der Waals surface area contributed by atoms with E-state index in [2.05, 4.69) is 0 Å². The van der Waals surface area contributed by atoms with Crippen molar-refractivity contribution in [2.24, 2.45) is 0 Å². The molecule has 0 unspecified atom stereocenters. The predicted octanol–water partition coefficient (Wildman–Crippen LogP) is 2.69. The summed E-state index contributed by atoms with van der Waals surface area (Å²) in [7, 11) is 0. The van der Waals surface area contributed by atoms with Crippen LogP contribution in [0.2, 0.25) is 0 Å². The molecule has 3 N–H and O–H groups in total. The van der Waals surface area contributed by atoms with Gasteiger partial charge in [0.05, 0.1) is 0 Å². The van der Waals surface area contributed by atoms with Crippen molar-refractivity contribution in [3.05, 3.63) is 0 Å². The Morgan fingerprint density at radius 2 is 0.375 bits per heavy atom. The first-order valence-corrected chi connectivity index (χ1v) is 0. The van der Waals surface area contributed by atoms with Gasteiger partial charge in [0.15, 0.2) is 0 Å². The zero-order valence-corrected chi connectivity index (χ0v) is 10.9. The Morgan fingerprint density at radius 1 is 0.375 bits per heavy atom. The van der Waals surface area contributed by atoms with Crippen LogP contribution in [0.4, 0.5) is 0 Å². The maximum absolute atomic E-state index is 0. The van der Waals surface area contributed by atoms with E-state index < -0.39 is 0 Å². The average molecular weight is 426 g/mol. The largest absolute Gasteiger partial charge is 0.344 e. The molecule has 1 nitrogen and oxygen atoms in total. The Morgan fingerprint density at radius 3 is 0.375 bits per heavy atom. The molecule has 8 heavy (non-hydrogen) atoms. The van der Waals surface area contributed by atoms with Gasteiger partial charge in [0, 0.05) is 19.8 Å². The molecule has 0 bridgehead atoms. The fraction of sp³-hybridized carbons (Fsp3) is 0.